The van der Waals surface area contributed by atoms with Crippen LogP contribution in [0.4, 0.5) is 0 Å². The summed E-state index contributed by atoms with van der Waals surface area (Å²) in [5.41, 5.74) is 2.96. The van der Waals surface area contributed by atoms with Gasteiger partial charge in [-0.25, -0.2) is 8.42 Å². The Hall–Kier alpha value is -2.19. The maximum absolute atomic E-state index is 12.7. The molecule has 152 valence electrons. The van der Waals surface area contributed by atoms with Crippen LogP contribution >= 0.6 is 22.9 Å². The second-order valence-corrected chi connectivity index (χ2v) is 10.6. The van der Waals surface area contributed by atoms with Gasteiger partial charge in [-0.1, -0.05) is 71.8 Å². The zero-order chi connectivity index (χ0) is 21.0. The predicted molar refractivity (Wildman–Crippen MR) is 117 cm³/mol. The molecule has 0 aliphatic heterocycles. The van der Waals surface area contributed by atoms with Crippen LogP contribution in [0.3, 0.4) is 0 Å². The first-order chi connectivity index (χ1) is 13.8. The molecule has 2 aromatic carbocycles. The van der Waals surface area contributed by atoms with E-state index in [0.29, 0.717) is 4.34 Å². The van der Waals surface area contributed by atoms with Crippen molar-refractivity contribution < 1.29 is 13.2 Å². The molecule has 0 spiro atoms. The van der Waals surface area contributed by atoms with Crippen molar-refractivity contribution >= 4 is 38.9 Å². The van der Waals surface area contributed by atoms with E-state index in [0.717, 1.165) is 32.3 Å². The number of hydrogen-bond donors (Lipinski definition) is 1. The summed E-state index contributed by atoms with van der Waals surface area (Å²) in [6.45, 7) is 1.70. The fourth-order valence-corrected chi connectivity index (χ4v) is 5.67. The largest absolute Gasteiger partial charge is 0.344 e. The molecule has 5 nitrogen and oxygen atoms in total. The number of sulfonamides is 1. The van der Waals surface area contributed by atoms with Crippen LogP contribution in [0.1, 0.15) is 22.7 Å². The average Bonchev–Trinajstić information content (AvgIpc) is 3.15. The van der Waals surface area contributed by atoms with Crippen LogP contribution in [-0.2, 0) is 14.8 Å². The molecule has 0 aliphatic carbocycles. The number of benzene rings is 2. The highest BCUT2D eigenvalue weighted by Gasteiger charge is 2.26. The Labute approximate surface area is 180 Å². The van der Waals surface area contributed by atoms with Gasteiger partial charge in [-0.05, 0) is 30.2 Å². The summed E-state index contributed by atoms with van der Waals surface area (Å²) in [7, 11) is -2.40. The van der Waals surface area contributed by atoms with Gasteiger partial charge in [0.25, 0.3) is 10.0 Å². The number of rotatable bonds is 7. The zero-order valence-corrected chi connectivity index (χ0v) is 18.4. The molecule has 1 atom stereocenters. The Bertz CT molecular complexity index is 1080. The van der Waals surface area contributed by atoms with Crippen LogP contribution in [0.25, 0.3) is 0 Å². The third-order valence-corrected chi connectivity index (χ3v) is 7.93. The lowest BCUT2D eigenvalue weighted by molar-refractivity contribution is -0.121. The second kappa shape index (κ2) is 9.09. The summed E-state index contributed by atoms with van der Waals surface area (Å²) in [6.07, 6.45) is 0. The third-order valence-electron chi connectivity index (χ3n) is 4.43. The van der Waals surface area contributed by atoms with Crippen LogP contribution in [0, 0.1) is 6.92 Å². The molecule has 0 radical (unpaired) electrons. The Kier molecular flexibility index (Phi) is 6.74. The zero-order valence-electron chi connectivity index (χ0n) is 16.0. The van der Waals surface area contributed by atoms with E-state index in [9.17, 15) is 13.2 Å². The molecule has 3 rings (SSSR count). The van der Waals surface area contributed by atoms with Gasteiger partial charge in [0, 0.05) is 7.05 Å². The van der Waals surface area contributed by atoms with Gasteiger partial charge < -0.3 is 5.32 Å². The van der Waals surface area contributed by atoms with Crippen molar-refractivity contribution in [3.63, 3.8) is 0 Å². The highest BCUT2D eigenvalue weighted by molar-refractivity contribution is 7.91. The molecule has 1 aromatic heterocycles. The minimum atomic E-state index is -3.78. The molecule has 1 N–H and O–H groups in total. The van der Waals surface area contributed by atoms with Gasteiger partial charge in [-0.15, -0.1) is 11.3 Å². The lowest BCUT2D eigenvalue weighted by Crippen LogP contribution is -2.39. The van der Waals surface area contributed by atoms with E-state index in [1.807, 2.05) is 61.5 Å². The molecule has 1 unspecified atom stereocenters. The number of halogens is 1. The quantitative estimate of drug-likeness (QED) is 0.588. The summed E-state index contributed by atoms with van der Waals surface area (Å²) in [6, 6.07) is 20.0. The van der Waals surface area contributed by atoms with E-state index >= 15 is 0 Å². The lowest BCUT2D eigenvalue weighted by atomic mass is 9.98. The summed E-state index contributed by atoms with van der Waals surface area (Å²) < 4.78 is 26.8. The van der Waals surface area contributed by atoms with E-state index in [4.69, 9.17) is 11.6 Å². The van der Waals surface area contributed by atoms with Crippen LogP contribution in [0.5, 0.6) is 0 Å². The monoisotopic (exact) mass is 448 g/mol. The van der Waals surface area contributed by atoms with Gasteiger partial charge in [0.15, 0.2) is 0 Å². The normalized spacial score (nSPS) is 12.7. The van der Waals surface area contributed by atoms with Crippen molar-refractivity contribution in [1.29, 1.82) is 0 Å². The smallest absolute Gasteiger partial charge is 0.252 e. The van der Waals surface area contributed by atoms with Crippen molar-refractivity contribution in [3.8, 4) is 0 Å². The van der Waals surface area contributed by atoms with E-state index in [-0.39, 0.29) is 16.8 Å². The summed E-state index contributed by atoms with van der Waals surface area (Å²) in [5.74, 6) is -0.395. The molecule has 1 heterocycles. The van der Waals surface area contributed by atoms with Crippen LogP contribution in [-0.4, -0.2) is 32.2 Å². The molecular weight excluding hydrogens is 428 g/mol. The molecule has 0 saturated carbocycles. The Morgan fingerprint density at radius 3 is 2.24 bits per heavy atom. The van der Waals surface area contributed by atoms with Gasteiger partial charge in [0.2, 0.25) is 5.91 Å². The first-order valence-corrected chi connectivity index (χ1v) is 11.5. The van der Waals surface area contributed by atoms with Crippen molar-refractivity contribution in [1.82, 2.24) is 9.62 Å². The topological polar surface area (TPSA) is 66.5 Å². The van der Waals surface area contributed by atoms with Crippen molar-refractivity contribution in [2.75, 3.05) is 13.6 Å². The number of aryl methyl sites for hydroxylation is 1. The highest BCUT2D eigenvalue weighted by atomic mass is 35.5. The minimum absolute atomic E-state index is 0.107. The summed E-state index contributed by atoms with van der Waals surface area (Å²) in [5, 5.41) is 2.96. The first kappa shape index (κ1) is 21.5. The maximum atomic E-state index is 12.7. The first-order valence-electron chi connectivity index (χ1n) is 8.90. The van der Waals surface area contributed by atoms with E-state index in [1.165, 1.54) is 19.2 Å². The van der Waals surface area contributed by atoms with Gasteiger partial charge in [0.05, 0.1) is 16.9 Å². The van der Waals surface area contributed by atoms with E-state index < -0.39 is 15.9 Å². The molecule has 1 amide bonds. The number of thiophene rings is 1. The van der Waals surface area contributed by atoms with E-state index in [1.54, 1.807) is 0 Å². The van der Waals surface area contributed by atoms with Crippen molar-refractivity contribution in [2.24, 2.45) is 0 Å². The predicted octanol–water partition coefficient (Wildman–Crippen LogP) is 4.24. The number of nitrogens with zero attached hydrogens (tertiary/aromatic N) is 1. The Morgan fingerprint density at radius 2 is 1.66 bits per heavy atom. The molecule has 8 heteroatoms. The van der Waals surface area contributed by atoms with E-state index in [2.05, 4.69) is 5.32 Å². The van der Waals surface area contributed by atoms with Crippen LogP contribution in [0.15, 0.2) is 70.9 Å². The molecular formula is C21H21ClN2O3S2. The number of amides is 1. The van der Waals surface area contributed by atoms with Gasteiger partial charge in [0.1, 0.15) is 4.21 Å². The van der Waals surface area contributed by atoms with Gasteiger partial charge >= 0.3 is 0 Å². The number of nitrogens with one attached hydrogen (secondary N) is 1. The molecule has 0 fully saturated rings. The number of carbonyl (C=O) groups is 1. The number of carbonyl (C=O) groups excluding carboxylic acids is 1. The van der Waals surface area contributed by atoms with Crippen LogP contribution < -0.4 is 5.32 Å². The van der Waals surface area contributed by atoms with Crippen LogP contribution in [0.2, 0.25) is 4.34 Å². The van der Waals surface area contributed by atoms with Gasteiger partial charge in [-0.2, -0.15) is 4.31 Å². The lowest BCUT2D eigenvalue weighted by Gasteiger charge is -2.22. The number of likely N-dealkylation sites (N-methyl/N-ethyl adjacent to an activating group) is 1. The average molecular weight is 449 g/mol. The second-order valence-electron chi connectivity index (χ2n) is 6.64. The van der Waals surface area contributed by atoms with Gasteiger partial charge in [-0.3, -0.25) is 4.79 Å². The molecule has 3 aromatic rings. The molecule has 0 aliphatic rings. The summed E-state index contributed by atoms with van der Waals surface area (Å²) >= 11 is 6.81. The Morgan fingerprint density at radius 1 is 1.03 bits per heavy atom. The fourth-order valence-electron chi connectivity index (χ4n) is 2.85. The molecule has 0 saturated heterocycles. The number of hydrogen-bond acceptors (Lipinski definition) is 4. The SMILES string of the molecule is Cc1ccc(C(NC(=O)CN(C)S(=O)(=O)c2ccc(Cl)s2)c2ccccc2)cc1. The molecule has 29 heavy (non-hydrogen) atoms. The van der Waals surface area contributed by atoms with Crippen molar-refractivity contribution in [3.05, 3.63) is 87.8 Å². The third kappa shape index (κ3) is 5.25. The summed E-state index contributed by atoms with van der Waals surface area (Å²) in [4.78, 5) is 12.7. The fraction of sp³-hybridized carbons (Fsp3) is 0.190. The minimum Gasteiger partial charge on any atom is -0.344 e. The Balaban J connectivity index is 1.79. The standard InChI is InChI=1S/C21H21ClN2O3S2/c1-15-8-10-17(11-9-15)21(16-6-4-3-5-7-16)23-19(25)14-24(2)29(26,27)20-13-12-18(22)28-20/h3-13,21H,14H2,1-2H3,(H,23,25). The highest BCUT2D eigenvalue weighted by Crippen LogP contribution is 2.28. The maximum Gasteiger partial charge on any atom is 0.252 e. The van der Waals surface area contributed by atoms with Crippen molar-refractivity contribution in [2.45, 2.75) is 17.2 Å². The molecule has 0 bridgehead atoms.